The highest BCUT2D eigenvalue weighted by molar-refractivity contribution is 5.81. The maximum Gasteiger partial charge on any atom is 0.331 e. The molecule has 1 aliphatic rings. The molecular formula is C11H19NO3. The summed E-state index contributed by atoms with van der Waals surface area (Å²) < 4.78 is 10.1. The van der Waals surface area contributed by atoms with Gasteiger partial charge in [-0.2, -0.15) is 0 Å². The van der Waals surface area contributed by atoms with E-state index in [1.165, 1.54) is 38.9 Å². The van der Waals surface area contributed by atoms with Crippen LogP contribution in [0, 0.1) is 0 Å². The van der Waals surface area contributed by atoms with E-state index < -0.39 is 0 Å². The van der Waals surface area contributed by atoms with Gasteiger partial charge in [-0.15, -0.1) is 0 Å². The Bertz CT molecular complexity index is 210. The minimum Gasteiger partial charge on any atom is -0.466 e. The topological polar surface area (TPSA) is 47.6 Å². The van der Waals surface area contributed by atoms with Crippen LogP contribution in [0.3, 0.4) is 0 Å². The SMILES string of the molecule is COC(=O)/C=C/NCCOC1CCCC1. The summed E-state index contributed by atoms with van der Waals surface area (Å²) in [6, 6.07) is 0. The lowest BCUT2D eigenvalue weighted by Crippen LogP contribution is -2.18. The average molecular weight is 213 g/mol. The van der Waals surface area contributed by atoms with Crippen LogP contribution in [0.4, 0.5) is 0 Å². The van der Waals surface area contributed by atoms with Crippen LogP contribution < -0.4 is 5.32 Å². The number of carbonyl (C=O) groups excluding carboxylic acids is 1. The third-order valence-electron chi connectivity index (χ3n) is 2.44. The molecule has 0 aromatic heterocycles. The van der Waals surface area contributed by atoms with Gasteiger partial charge in [0.25, 0.3) is 0 Å². The molecule has 0 unspecified atom stereocenters. The third kappa shape index (κ3) is 5.42. The number of ether oxygens (including phenoxy) is 2. The number of esters is 1. The van der Waals surface area contributed by atoms with Crippen molar-refractivity contribution in [2.24, 2.45) is 0 Å². The number of hydrogen-bond donors (Lipinski definition) is 1. The lowest BCUT2D eigenvalue weighted by molar-refractivity contribution is -0.134. The molecule has 0 heterocycles. The molecule has 0 atom stereocenters. The van der Waals surface area contributed by atoms with Crippen LogP contribution >= 0.6 is 0 Å². The quantitative estimate of drug-likeness (QED) is 0.409. The van der Waals surface area contributed by atoms with E-state index in [2.05, 4.69) is 10.1 Å². The van der Waals surface area contributed by atoms with Gasteiger partial charge in [0.1, 0.15) is 0 Å². The molecule has 0 bridgehead atoms. The maximum atomic E-state index is 10.7. The molecule has 15 heavy (non-hydrogen) atoms. The Kier molecular flexibility index (Phi) is 5.85. The number of methoxy groups -OCH3 is 1. The molecule has 86 valence electrons. The standard InChI is InChI=1S/C11H19NO3/c1-14-11(13)6-7-12-8-9-15-10-4-2-3-5-10/h6-7,10,12H,2-5,8-9H2,1H3/b7-6+. The predicted octanol–water partition coefficient (Wildman–Crippen LogP) is 1.22. The highest BCUT2D eigenvalue weighted by Gasteiger charge is 2.14. The summed E-state index contributed by atoms with van der Waals surface area (Å²) in [7, 11) is 1.36. The van der Waals surface area contributed by atoms with Gasteiger partial charge in [-0.05, 0) is 12.8 Å². The number of rotatable bonds is 6. The van der Waals surface area contributed by atoms with Crippen molar-refractivity contribution in [3.8, 4) is 0 Å². The van der Waals surface area contributed by atoms with E-state index in [1.807, 2.05) is 0 Å². The van der Waals surface area contributed by atoms with Crippen LogP contribution in [0.2, 0.25) is 0 Å². The van der Waals surface area contributed by atoms with Gasteiger partial charge in [0, 0.05) is 18.8 Å². The van der Waals surface area contributed by atoms with Crippen molar-refractivity contribution in [2.75, 3.05) is 20.3 Å². The molecule has 1 fully saturated rings. The van der Waals surface area contributed by atoms with Crippen molar-refractivity contribution >= 4 is 5.97 Å². The van der Waals surface area contributed by atoms with Gasteiger partial charge in [0.05, 0.1) is 19.8 Å². The zero-order chi connectivity index (χ0) is 10.9. The number of carbonyl (C=O) groups is 1. The normalized spacial score (nSPS) is 17.1. The van der Waals surface area contributed by atoms with Crippen LogP contribution in [0.1, 0.15) is 25.7 Å². The first kappa shape index (κ1) is 12.0. The first-order valence-electron chi connectivity index (χ1n) is 5.42. The Morgan fingerprint density at radius 3 is 2.87 bits per heavy atom. The van der Waals surface area contributed by atoms with Crippen molar-refractivity contribution in [1.29, 1.82) is 0 Å². The van der Waals surface area contributed by atoms with Gasteiger partial charge in [-0.1, -0.05) is 12.8 Å². The zero-order valence-electron chi connectivity index (χ0n) is 9.20. The van der Waals surface area contributed by atoms with Crippen molar-refractivity contribution in [3.05, 3.63) is 12.3 Å². The van der Waals surface area contributed by atoms with Gasteiger partial charge in [0.2, 0.25) is 0 Å². The molecule has 1 rings (SSSR count). The molecule has 1 aliphatic carbocycles. The van der Waals surface area contributed by atoms with Gasteiger partial charge in [-0.25, -0.2) is 4.79 Å². The van der Waals surface area contributed by atoms with Crippen LogP contribution in [0.15, 0.2) is 12.3 Å². The van der Waals surface area contributed by atoms with E-state index in [1.54, 1.807) is 6.20 Å². The van der Waals surface area contributed by atoms with Crippen LogP contribution in [0.5, 0.6) is 0 Å². The largest absolute Gasteiger partial charge is 0.466 e. The fourth-order valence-electron chi connectivity index (χ4n) is 1.62. The number of hydrogen-bond acceptors (Lipinski definition) is 4. The van der Waals surface area contributed by atoms with Crippen LogP contribution in [-0.4, -0.2) is 32.3 Å². The van der Waals surface area contributed by atoms with E-state index in [-0.39, 0.29) is 5.97 Å². The lowest BCUT2D eigenvalue weighted by Gasteiger charge is -2.10. The van der Waals surface area contributed by atoms with E-state index in [4.69, 9.17) is 4.74 Å². The zero-order valence-corrected chi connectivity index (χ0v) is 9.20. The second kappa shape index (κ2) is 7.29. The maximum absolute atomic E-state index is 10.7. The Balaban J connectivity index is 1.92. The molecule has 1 N–H and O–H groups in total. The minimum atomic E-state index is -0.348. The van der Waals surface area contributed by atoms with E-state index in [9.17, 15) is 4.79 Å². The number of nitrogens with one attached hydrogen (secondary N) is 1. The summed E-state index contributed by atoms with van der Waals surface area (Å²) in [6.45, 7) is 1.42. The van der Waals surface area contributed by atoms with Crippen molar-refractivity contribution in [1.82, 2.24) is 5.32 Å². The molecule has 0 aromatic rings. The fraction of sp³-hybridized carbons (Fsp3) is 0.727. The van der Waals surface area contributed by atoms with Crippen LogP contribution in [-0.2, 0) is 14.3 Å². The molecule has 0 radical (unpaired) electrons. The summed E-state index contributed by atoms with van der Waals surface area (Å²) in [6.07, 6.45) is 8.37. The highest BCUT2D eigenvalue weighted by Crippen LogP contribution is 2.20. The molecule has 0 amide bonds. The Hall–Kier alpha value is -1.03. The molecular weight excluding hydrogens is 194 g/mol. The molecule has 0 spiro atoms. The predicted molar refractivity (Wildman–Crippen MR) is 57.4 cm³/mol. The molecule has 0 aromatic carbocycles. The minimum absolute atomic E-state index is 0.348. The molecule has 0 aliphatic heterocycles. The van der Waals surface area contributed by atoms with E-state index in [0.717, 1.165) is 6.54 Å². The second-order valence-corrected chi connectivity index (χ2v) is 3.59. The first-order valence-corrected chi connectivity index (χ1v) is 5.42. The summed E-state index contributed by atoms with van der Waals surface area (Å²) >= 11 is 0. The summed E-state index contributed by atoms with van der Waals surface area (Å²) in [5.41, 5.74) is 0. The summed E-state index contributed by atoms with van der Waals surface area (Å²) in [4.78, 5) is 10.7. The molecule has 1 saturated carbocycles. The van der Waals surface area contributed by atoms with Crippen LogP contribution in [0.25, 0.3) is 0 Å². The van der Waals surface area contributed by atoms with Crippen molar-refractivity contribution < 1.29 is 14.3 Å². The Morgan fingerprint density at radius 1 is 1.47 bits per heavy atom. The first-order chi connectivity index (χ1) is 7.33. The van der Waals surface area contributed by atoms with Gasteiger partial charge < -0.3 is 14.8 Å². The Morgan fingerprint density at radius 2 is 2.20 bits per heavy atom. The highest BCUT2D eigenvalue weighted by atomic mass is 16.5. The molecule has 4 heteroatoms. The fourth-order valence-corrected chi connectivity index (χ4v) is 1.62. The second-order valence-electron chi connectivity index (χ2n) is 3.59. The van der Waals surface area contributed by atoms with Crippen molar-refractivity contribution in [2.45, 2.75) is 31.8 Å². The molecule has 0 saturated heterocycles. The van der Waals surface area contributed by atoms with E-state index >= 15 is 0 Å². The average Bonchev–Trinajstić information content (AvgIpc) is 2.75. The summed E-state index contributed by atoms with van der Waals surface area (Å²) in [5, 5.41) is 2.97. The Labute approximate surface area is 90.6 Å². The van der Waals surface area contributed by atoms with Gasteiger partial charge in [-0.3, -0.25) is 0 Å². The monoisotopic (exact) mass is 213 g/mol. The smallest absolute Gasteiger partial charge is 0.331 e. The third-order valence-corrected chi connectivity index (χ3v) is 2.44. The summed E-state index contributed by atoms with van der Waals surface area (Å²) in [5.74, 6) is -0.348. The lowest BCUT2D eigenvalue weighted by atomic mass is 10.3. The van der Waals surface area contributed by atoms with Gasteiger partial charge >= 0.3 is 5.97 Å². The van der Waals surface area contributed by atoms with E-state index in [0.29, 0.717) is 12.7 Å². The molecule has 4 nitrogen and oxygen atoms in total. The van der Waals surface area contributed by atoms with Crippen molar-refractivity contribution in [3.63, 3.8) is 0 Å². The van der Waals surface area contributed by atoms with Gasteiger partial charge in [0.15, 0.2) is 0 Å².